The molecular formula is C12H30N2O9. The molecule has 0 fully saturated rings. The van der Waals surface area contributed by atoms with Crippen LogP contribution in [0.1, 0.15) is 41.5 Å². The van der Waals surface area contributed by atoms with Crippen molar-refractivity contribution in [2.24, 2.45) is 5.73 Å². The smallest absolute Gasteiger partial charge is 0.300 e. The lowest BCUT2D eigenvalue weighted by Gasteiger charge is -2.00. The van der Waals surface area contributed by atoms with Crippen LogP contribution in [0.4, 0.5) is 0 Å². The lowest BCUT2D eigenvalue weighted by atomic mass is 10.7. The molecule has 11 heteroatoms. The molecule has 0 aromatic carbocycles. The van der Waals surface area contributed by atoms with Gasteiger partial charge in [-0.3, -0.25) is 19.2 Å². The van der Waals surface area contributed by atoms with E-state index in [0.717, 1.165) is 27.7 Å². The summed E-state index contributed by atoms with van der Waals surface area (Å²) in [6, 6.07) is 0. The van der Waals surface area contributed by atoms with Gasteiger partial charge in [-0.05, 0) is 13.8 Å². The van der Waals surface area contributed by atoms with Gasteiger partial charge in [-0.1, -0.05) is 0 Å². The van der Waals surface area contributed by atoms with Gasteiger partial charge in [-0.25, -0.2) is 0 Å². The van der Waals surface area contributed by atoms with Gasteiger partial charge in [0.25, 0.3) is 23.9 Å². The van der Waals surface area contributed by atoms with Gasteiger partial charge in [-0.2, -0.15) is 0 Å². The maximum Gasteiger partial charge on any atom is 0.300 e. The number of aliphatic carboxylic acids is 4. The highest BCUT2D eigenvalue weighted by atomic mass is 16.5. The number of ether oxygens (including phenoxy) is 1. The summed E-state index contributed by atoms with van der Waals surface area (Å²) in [6.45, 7) is 8.77. The van der Waals surface area contributed by atoms with E-state index >= 15 is 0 Å². The Morgan fingerprint density at radius 1 is 0.826 bits per heavy atom. The number of carboxylic acids is 4. The lowest BCUT2D eigenvalue weighted by Crippen LogP contribution is -2.18. The molecule has 0 aliphatic heterocycles. The molecule has 0 aromatic rings. The fourth-order valence-electron chi connectivity index (χ4n) is 0.263. The number of carboxylic acid groups (broad SMARTS) is 4. The summed E-state index contributed by atoms with van der Waals surface area (Å²) in [5, 5.41) is 29.7. The second-order valence-electron chi connectivity index (χ2n) is 3.24. The van der Waals surface area contributed by atoms with E-state index in [1.54, 1.807) is 0 Å². The lowest BCUT2D eigenvalue weighted by molar-refractivity contribution is -0.135. The van der Waals surface area contributed by atoms with Gasteiger partial charge >= 0.3 is 0 Å². The van der Waals surface area contributed by atoms with E-state index in [1.807, 2.05) is 13.8 Å². The molecule has 0 saturated carbocycles. The van der Waals surface area contributed by atoms with Crippen molar-refractivity contribution in [2.45, 2.75) is 47.8 Å². The fourth-order valence-corrected chi connectivity index (χ4v) is 0.263. The molecule has 11 nitrogen and oxygen atoms in total. The third-order valence-corrected chi connectivity index (χ3v) is 0.430. The summed E-state index contributed by atoms with van der Waals surface area (Å²) in [6.07, 6.45) is -0.102. The average molecular weight is 346 g/mol. The molecule has 1 atom stereocenters. The van der Waals surface area contributed by atoms with Gasteiger partial charge in [0, 0.05) is 34.3 Å². The molecule has 23 heavy (non-hydrogen) atoms. The third kappa shape index (κ3) is 10800. The predicted molar refractivity (Wildman–Crippen MR) is 83.5 cm³/mol. The molecule has 0 aliphatic rings. The van der Waals surface area contributed by atoms with Crippen LogP contribution < -0.4 is 11.9 Å². The zero-order valence-corrected chi connectivity index (χ0v) is 14.4. The molecule has 0 bridgehead atoms. The summed E-state index contributed by atoms with van der Waals surface area (Å²) in [4.78, 5) is 36.0. The van der Waals surface area contributed by atoms with Crippen molar-refractivity contribution in [2.75, 3.05) is 6.61 Å². The highest BCUT2D eigenvalue weighted by Crippen LogP contribution is 1.74. The van der Waals surface area contributed by atoms with Gasteiger partial charge in [0.15, 0.2) is 0 Å². The monoisotopic (exact) mass is 346 g/mol. The first-order chi connectivity index (χ1) is 9.70. The number of hydrogen-bond acceptors (Lipinski definition) is 7. The van der Waals surface area contributed by atoms with Crippen LogP contribution in [0, 0.1) is 0 Å². The van der Waals surface area contributed by atoms with Crippen LogP contribution in [0.3, 0.4) is 0 Å². The Morgan fingerprint density at radius 2 is 0.957 bits per heavy atom. The van der Waals surface area contributed by atoms with Crippen LogP contribution in [0.15, 0.2) is 0 Å². The zero-order valence-electron chi connectivity index (χ0n) is 14.4. The van der Waals surface area contributed by atoms with Crippen LogP contribution in [0.2, 0.25) is 0 Å². The SMILES string of the molecule is CC(=O)O.CC(=O)O.CC(=O)O.CC(=O)O.CCOC(C)N.N. The normalized spacial score (nSPS) is 8.13. The molecule has 0 aromatic heterocycles. The Hall–Kier alpha value is -2.24. The minimum absolute atomic E-state index is 0. The molecule has 1 unspecified atom stereocenters. The highest BCUT2D eigenvalue weighted by molar-refractivity contribution is 5.63. The van der Waals surface area contributed by atoms with E-state index in [4.69, 9.17) is 50.1 Å². The van der Waals surface area contributed by atoms with Gasteiger partial charge in [0.1, 0.15) is 6.23 Å². The minimum Gasteiger partial charge on any atom is -0.481 e. The Balaban J connectivity index is -0.0000000393. The maximum atomic E-state index is 9.00. The topological polar surface area (TPSA) is 219 Å². The van der Waals surface area contributed by atoms with Crippen LogP contribution in [0.25, 0.3) is 0 Å². The molecule has 0 aliphatic carbocycles. The third-order valence-electron chi connectivity index (χ3n) is 0.430. The summed E-state index contributed by atoms with van der Waals surface area (Å²) in [7, 11) is 0. The molecule has 0 heterocycles. The molecular weight excluding hydrogens is 316 g/mol. The van der Waals surface area contributed by atoms with Crippen LogP contribution >= 0.6 is 0 Å². The van der Waals surface area contributed by atoms with Crippen LogP contribution in [0.5, 0.6) is 0 Å². The predicted octanol–water partition coefficient (Wildman–Crippen LogP) is 0.853. The molecule has 0 spiro atoms. The van der Waals surface area contributed by atoms with Crippen molar-refractivity contribution in [3.8, 4) is 0 Å². The first-order valence-electron chi connectivity index (χ1n) is 5.85. The number of rotatable bonds is 2. The van der Waals surface area contributed by atoms with E-state index in [0.29, 0.717) is 6.61 Å². The van der Waals surface area contributed by atoms with Gasteiger partial charge in [0.2, 0.25) is 0 Å². The van der Waals surface area contributed by atoms with Crippen molar-refractivity contribution in [3.05, 3.63) is 0 Å². The zero-order chi connectivity index (χ0) is 19.3. The molecule has 0 rings (SSSR count). The Kier molecular flexibility index (Phi) is 51.6. The average Bonchev–Trinajstić information content (AvgIpc) is 2.12. The molecule has 142 valence electrons. The van der Waals surface area contributed by atoms with Crippen LogP contribution in [-0.4, -0.2) is 57.1 Å². The molecule has 0 amide bonds. The standard InChI is InChI=1S/C4H11NO.4C2H4O2.H3N/c1-3-6-4(2)5;4*1-2(3)4;/h4H,3,5H2,1-2H3;4*1H3,(H,3,4);1H3. The number of carbonyl (C=O) groups is 4. The van der Waals surface area contributed by atoms with E-state index in [1.165, 1.54) is 0 Å². The second-order valence-corrected chi connectivity index (χ2v) is 3.24. The Morgan fingerprint density at radius 3 is 0.957 bits per heavy atom. The largest absolute Gasteiger partial charge is 0.481 e. The van der Waals surface area contributed by atoms with Crippen molar-refractivity contribution < 1.29 is 44.3 Å². The minimum atomic E-state index is -0.833. The van der Waals surface area contributed by atoms with Crippen molar-refractivity contribution in [3.63, 3.8) is 0 Å². The first-order valence-corrected chi connectivity index (χ1v) is 5.85. The molecule has 0 radical (unpaired) electrons. The van der Waals surface area contributed by atoms with Crippen molar-refractivity contribution in [1.29, 1.82) is 0 Å². The molecule has 0 saturated heterocycles. The summed E-state index contributed by atoms with van der Waals surface area (Å²) < 4.78 is 4.82. The van der Waals surface area contributed by atoms with Crippen molar-refractivity contribution in [1.82, 2.24) is 6.15 Å². The number of hydrogen-bond donors (Lipinski definition) is 6. The summed E-state index contributed by atoms with van der Waals surface area (Å²) in [5.74, 6) is -3.33. The second kappa shape index (κ2) is 31.9. The van der Waals surface area contributed by atoms with E-state index in [2.05, 4.69) is 0 Å². The van der Waals surface area contributed by atoms with E-state index < -0.39 is 23.9 Å². The van der Waals surface area contributed by atoms with Gasteiger partial charge in [0.05, 0.1) is 0 Å². The van der Waals surface area contributed by atoms with Gasteiger partial charge < -0.3 is 37.0 Å². The van der Waals surface area contributed by atoms with E-state index in [9.17, 15) is 0 Å². The first kappa shape index (κ1) is 37.2. The number of nitrogens with two attached hydrogens (primary N) is 1. The van der Waals surface area contributed by atoms with Crippen molar-refractivity contribution >= 4 is 23.9 Å². The fraction of sp³-hybridized carbons (Fsp3) is 0.667. The highest BCUT2D eigenvalue weighted by Gasteiger charge is 1.83. The summed E-state index contributed by atoms with van der Waals surface area (Å²) in [5.41, 5.74) is 5.18. The Bertz CT molecular complexity index is 230. The Labute approximate surface area is 135 Å². The summed E-state index contributed by atoms with van der Waals surface area (Å²) >= 11 is 0. The van der Waals surface area contributed by atoms with E-state index in [-0.39, 0.29) is 12.4 Å². The molecule has 9 N–H and O–H groups in total. The van der Waals surface area contributed by atoms with Gasteiger partial charge in [-0.15, -0.1) is 0 Å². The quantitative estimate of drug-likeness (QED) is 0.384. The maximum absolute atomic E-state index is 9.00. The van der Waals surface area contributed by atoms with Crippen LogP contribution in [-0.2, 0) is 23.9 Å².